The Bertz CT molecular complexity index is 2850. The van der Waals surface area contributed by atoms with Crippen molar-refractivity contribution in [2.24, 2.45) is 0 Å². The van der Waals surface area contributed by atoms with Crippen LogP contribution in [0.1, 0.15) is 22.3 Å². The molecule has 258 valence electrons. The minimum absolute atomic E-state index is 0.449. The molecule has 0 unspecified atom stereocenters. The normalized spacial score (nSPS) is 13.2. The summed E-state index contributed by atoms with van der Waals surface area (Å²) in [6.45, 7) is 0. The van der Waals surface area contributed by atoms with E-state index in [1.54, 1.807) is 0 Å². The van der Waals surface area contributed by atoms with Crippen LogP contribution in [0.4, 0.5) is 17.1 Å². The van der Waals surface area contributed by atoms with Gasteiger partial charge >= 0.3 is 0 Å². The molecule has 0 bridgehead atoms. The summed E-state index contributed by atoms with van der Waals surface area (Å²) in [4.78, 5) is 5.05. The topological polar surface area (TPSA) is 3.24 Å². The van der Waals surface area contributed by atoms with Crippen LogP contribution in [0.2, 0.25) is 0 Å². The first-order valence-corrected chi connectivity index (χ1v) is 19.7. The highest BCUT2D eigenvalue weighted by Crippen LogP contribution is 2.63. The van der Waals surface area contributed by atoms with Gasteiger partial charge in [-0.05, 0) is 91.2 Å². The number of rotatable bonds is 5. The van der Waals surface area contributed by atoms with Crippen molar-refractivity contribution in [3.8, 4) is 33.4 Å². The van der Waals surface area contributed by atoms with Crippen LogP contribution < -0.4 is 4.90 Å². The SMILES string of the molecule is c1ccc(-c2ccc(N(c3ccc4c(c3)Sc3c(ccc5ccccc35)C43c4ccccc4-c4ccccc43)c3ccccc3-c3ccccc3)cc2)cc1. The Balaban J connectivity index is 1.17. The van der Waals surface area contributed by atoms with Gasteiger partial charge in [0.2, 0.25) is 0 Å². The maximum Gasteiger partial charge on any atom is 0.0735 e. The number of benzene rings is 9. The molecule has 0 atom stereocenters. The van der Waals surface area contributed by atoms with Crippen molar-refractivity contribution < 1.29 is 0 Å². The van der Waals surface area contributed by atoms with Crippen molar-refractivity contribution >= 4 is 39.6 Å². The first-order valence-electron chi connectivity index (χ1n) is 18.9. The van der Waals surface area contributed by atoms with E-state index in [-0.39, 0.29) is 0 Å². The number of anilines is 3. The van der Waals surface area contributed by atoms with Gasteiger partial charge in [0, 0.05) is 26.7 Å². The summed E-state index contributed by atoms with van der Waals surface area (Å²) in [6, 6.07) is 78.2. The largest absolute Gasteiger partial charge is 0.310 e. The van der Waals surface area contributed by atoms with Gasteiger partial charge in [-0.2, -0.15) is 0 Å². The smallest absolute Gasteiger partial charge is 0.0735 e. The van der Waals surface area contributed by atoms with Crippen molar-refractivity contribution in [3.63, 3.8) is 0 Å². The van der Waals surface area contributed by atoms with Crippen LogP contribution in [0.3, 0.4) is 0 Å². The third-order valence-corrected chi connectivity index (χ3v) is 12.7. The molecule has 11 rings (SSSR count). The maximum absolute atomic E-state index is 2.45. The lowest BCUT2D eigenvalue weighted by Crippen LogP contribution is -2.32. The minimum Gasteiger partial charge on any atom is -0.310 e. The van der Waals surface area contributed by atoms with E-state index in [4.69, 9.17) is 0 Å². The lowest BCUT2D eigenvalue weighted by molar-refractivity contribution is 0.726. The molecule has 1 nitrogen and oxygen atoms in total. The van der Waals surface area contributed by atoms with Crippen LogP contribution >= 0.6 is 11.8 Å². The van der Waals surface area contributed by atoms with Gasteiger partial charge in [-0.1, -0.05) is 194 Å². The first kappa shape index (κ1) is 31.9. The second-order valence-electron chi connectivity index (χ2n) is 14.4. The average molecular weight is 718 g/mol. The molecule has 1 heterocycles. The Hall–Kier alpha value is -6.61. The molecule has 55 heavy (non-hydrogen) atoms. The molecular formula is C53H35NS. The molecule has 9 aromatic rings. The summed E-state index contributed by atoms with van der Waals surface area (Å²) in [5.41, 5.74) is 15.7. The quantitative estimate of drug-likeness (QED) is 0.174. The number of para-hydroxylation sites is 1. The molecule has 2 aliphatic rings. The van der Waals surface area contributed by atoms with E-state index in [1.807, 2.05) is 11.8 Å². The lowest BCUT2D eigenvalue weighted by atomic mass is 9.67. The molecule has 0 saturated carbocycles. The molecule has 0 radical (unpaired) electrons. The van der Waals surface area contributed by atoms with Gasteiger partial charge in [0.25, 0.3) is 0 Å². The number of hydrogen-bond donors (Lipinski definition) is 0. The zero-order valence-corrected chi connectivity index (χ0v) is 30.9. The Morgan fingerprint density at radius 3 is 1.64 bits per heavy atom. The van der Waals surface area contributed by atoms with Crippen molar-refractivity contribution in [1.82, 2.24) is 0 Å². The number of hydrogen-bond acceptors (Lipinski definition) is 2. The third kappa shape index (κ3) is 4.88. The Morgan fingerprint density at radius 2 is 0.909 bits per heavy atom. The number of fused-ring (bicyclic) bond motifs is 11. The van der Waals surface area contributed by atoms with Crippen LogP contribution in [0.5, 0.6) is 0 Å². The van der Waals surface area contributed by atoms with Crippen LogP contribution in [-0.2, 0) is 5.41 Å². The molecule has 0 saturated heterocycles. The van der Waals surface area contributed by atoms with E-state index in [9.17, 15) is 0 Å². The van der Waals surface area contributed by atoms with Crippen molar-refractivity contribution in [3.05, 3.63) is 235 Å². The number of nitrogens with zero attached hydrogens (tertiary/aromatic N) is 1. The molecular weight excluding hydrogens is 683 g/mol. The molecule has 0 N–H and O–H groups in total. The Kier molecular flexibility index (Phi) is 7.40. The fourth-order valence-electron chi connectivity index (χ4n) is 9.15. The second-order valence-corrected chi connectivity index (χ2v) is 15.5. The van der Waals surface area contributed by atoms with Crippen molar-refractivity contribution in [2.45, 2.75) is 15.2 Å². The summed E-state index contributed by atoms with van der Waals surface area (Å²) in [5.74, 6) is 0. The highest BCUT2D eigenvalue weighted by atomic mass is 32.2. The third-order valence-electron chi connectivity index (χ3n) is 11.5. The fourth-order valence-corrected chi connectivity index (χ4v) is 10.5. The highest BCUT2D eigenvalue weighted by Gasteiger charge is 2.50. The van der Waals surface area contributed by atoms with Crippen LogP contribution in [0, 0.1) is 0 Å². The molecule has 1 aliphatic carbocycles. The molecule has 1 aliphatic heterocycles. The zero-order valence-electron chi connectivity index (χ0n) is 30.1. The van der Waals surface area contributed by atoms with Gasteiger partial charge in [-0.15, -0.1) is 0 Å². The fraction of sp³-hybridized carbons (Fsp3) is 0.0189. The standard InChI is InChI=1S/C53H35NS/c1-3-15-36(16-4-1)37-27-30-40(31-28-37)54(50-26-14-11-20-42(50)38-17-5-2-6-18-38)41-32-34-48-51(35-41)55-52-43-21-8-7-19-39(43)29-33-49(52)53(48)46-24-12-9-22-44(46)45-23-10-13-25-47(45)53/h1-35H. The first-order chi connectivity index (χ1) is 27.3. The second kappa shape index (κ2) is 12.8. The van der Waals surface area contributed by atoms with Crippen LogP contribution in [0.15, 0.2) is 222 Å². The maximum atomic E-state index is 2.45. The van der Waals surface area contributed by atoms with E-state index >= 15 is 0 Å². The van der Waals surface area contributed by atoms with Gasteiger partial charge in [-0.3, -0.25) is 0 Å². The Labute approximate surface area is 326 Å². The van der Waals surface area contributed by atoms with Gasteiger partial charge in [0.15, 0.2) is 0 Å². The molecule has 0 aromatic heterocycles. The van der Waals surface area contributed by atoms with Gasteiger partial charge in [0.05, 0.1) is 11.1 Å². The van der Waals surface area contributed by atoms with Gasteiger partial charge < -0.3 is 4.90 Å². The summed E-state index contributed by atoms with van der Waals surface area (Å²) in [6.07, 6.45) is 0. The van der Waals surface area contributed by atoms with E-state index in [0.717, 1.165) is 17.1 Å². The molecule has 1 spiro atoms. The Morgan fingerprint density at radius 1 is 0.364 bits per heavy atom. The minimum atomic E-state index is -0.449. The summed E-state index contributed by atoms with van der Waals surface area (Å²) in [7, 11) is 0. The van der Waals surface area contributed by atoms with Gasteiger partial charge in [0.1, 0.15) is 0 Å². The lowest BCUT2D eigenvalue weighted by Gasteiger charge is -2.40. The predicted octanol–water partition coefficient (Wildman–Crippen LogP) is 14.5. The molecule has 9 aromatic carbocycles. The summed E-state index contributed by atoms with van der Waals surface area (Å²) < 4.78 is 0. The zero-order chi connectivity index (χ0) is 36.3. The summed E-state index contributed by atoms with van der Waals surface area (Å²) in [5, 5.41) is 2.56. The van der Waals surface area contributed by atoms with E-state index in [0.29, 0.717) is 0 Å². The average Bonchev–Trinajstić information content (AvgIpc) is 3.55. The van der Waals surface area contributed by atoms with Crippen molar-refractivity contribution in [2.75, 3.05) is 4.90 Å². The highest BCUT2D eigenvalue weighted by molar-refractivity contribution is 7.99. The molecule has 0 amide bonds. The van der Waals surface area contributed by atoms with Gasteiger partial charge in [-0.25, -0.2) is 0 Å². The molecule has 2 heteroatoms. The predicted molar refractivity (Wildman–Crippen MR) is 231 cm³/mol. The van der Waals surface area contributed by atoms with Crippen LogP contribution in [0.25, 0.3) is 44.2 Å². The van der Waals surface area contributed by atoms with E-state index in [1.165, 1.54) is 76.2 Å². The van der Waals surface area contributed by atoms with E-state index in [2.05, 4.69) is 217 Å². The van der Waals surface area contributed by atoms with E-state index < -0.39 is 5.41 Å². The summed E-state index contributed by atoms with van der Waals surface area (Å²) >= 11 is 1.92. The van der Waals surface area contributed by atoms with Crippen LogP contribution in [-0.4, -0.2) is 0 Å². The molecule has 0 fully saturated rings. The van der Waals surface area contributed by atoms with Crippen molar-refractivity contribution in [1.29, 1.82) is 0 Å². The monoisotopic (exact) mass is 717 g/mol.